The number of hydrogen-bond acceptors (Lipinski definition) is 7. The van der Waals surface area contributed by atoms with Gasteiger partial charge in [-0.05, 0) is 37.8 Å². The van der Waals surface area contributed by atoms with Crippen LogP contribution < -0.4 is 10.6 Å². The summed E-state index contributed by atoms with van der Waals surface area (Å²) in [6.07, 6.45) is 6.22. The molecule has 2 aromatic heterocycles. The minimum atomic E-state index is -0.572. The number of aromatic nitrogens is 4. The highest BCUT2D eigenvalue weighted by Gasteiger charge is 2.45. The van der Waals surface area contributed by atoms with E-state index in [1.54, 1.807) is 0 Å². The summed E-state index contributed by atoms with van der Waals surface area (Å²) in [5.41, 5.74) is 5.55. The van der Waals surface area contributed by atoms with E-state index in [1.807, 2.05) is 16.8 Å². The molecule has 2 saturated heterocycles. The lowest BCUT2D eigenvalue weighted by Crippen LogP contribution is -2.52. The number of carbonyl (C=O) groups is 1. The van der Waals surface area contributed by atoms with E-state index in [4.69, 9.17) is 5.73 Å². The molecule has 136 valence electrons. The fourth-order valence-corrected chi connectivity index (χ4v) is 4.09. The second-order valence-electron chi connectivity index (χ2n) is 6.81. The van der Waals surface area contributed by atoms with Crippen molar-refractivity contribution in [3.8, 4) is 0 Å². The summed E-state index contributed by atoms with van der Waals surface area (Å²) in [5.74, 6) is -0.182. The summed E-state index contributed by atoms with van der Waals surface area (Å²) in [7, 11) is 1.93. The van der Waals surface area contributed by atoms with Crippen molar-refractivity contribution in [2.75, 3.05) is 17.7 Å². The number of rotatable bonds is 3. The van der Waals surface area contributed by atoms with Gasteiger partial charge in [-0.2, -0.15) is 4.98 Å². The number of piperidine rings is 1. The maximum absolute atomic E-state index is 14.0. The van der Waals surface area contributed by atoms with Crippen LogP contribution in [0.2, 0.25) is 0 Å². The summed E-state index contributed by atoms with van der Waals surface area (Å²) < 4.78 is 14.0. The zero-order valence-corrected chi connectivity index (χ0v) is 14.4. The highest BCUT2D eigenvalue weighted by atomic mass is 19.1. The third kappa shape index (κ3) is 2.83. The van der Waals surface area contributed by atoms with Crippen molar-refractivity contribution in [2.24, 2.45) is 0 Å². The van der Waals surface area contributed by atoms with Gasteiger partial charge in [-0.1, -0.05) is 0 Å². The third-order valence-corrected chi connectivity index (χ3v) is 5.34. The molecule has 2 fully saturated rings. The largest absolute Gasteiger partial charge is 0.368 e. The monoisotopic (exact) mass is 357 g/mol. The van der Waals surface area contributed by atoms with Gasteiger partial charge >= 0.3 is 0 Å². The number of hydrogen-bond donors (Lipinski definition) is 1. The Kier molecular flexibility index (Phi) is 4.14. The molecular formula is C17H20FN7O. The lowest BCUT2D eigenvalue weighted by Gasteiger charge is -2.42. The third-order valence-electron chi connectivity index (χ3n) is 5.34. The first-order valence-electron chi connectivity index (χ1n) is 8.65. The molecule has 0 spiro atoms. The molecule has 2 N–H and O–H groups in total. The predicted molar refractivity (Wildman–Crippen MR) is 92.8 cm³/mol. The van der Waals surface area contributed by atoms with Crippen molar-refractivity contribution in [3.63, 3.8) is 0 Å². The molecule has 0 radical (unpaired) electrons. The van der Waals surface area contributed by atoms with Gasteiger partial charge in [-0.3, -0.25) is 4.79 Å². The maximum Gasteiger partial charge on any atom is 0.276 e. The van der Waals surface area contributed by atoms with Gasteiger partial charge in [0.1, 0.15) is 6.33 Å². The van der Waals surface area contributed by atoms with Crippen LogP contribution in [0, 0.1) is 5.82 Å². The summed E-state index contributed by atoms with van der Waals surface area (Å²) in [4.78, 5) is 32.8. The zero-order valence-electron chi connectivity index (χ0n) is 14.4. The fourth-order valence-electron chi connectivity index (χ4n) is 4.09. The lowest BCUT2D eigenvalue weighted by molar-refractivity contribution is 0.0560. The number of nitrogens with zero attached hydrogens (tertiary/aromatic N) is 6. The molecule has 4 rings (SSSR count). The molecule has 8 nitrogen and oxygen atoms in total. The Morgan fingerprint density at radius 2 is 2.00 bits per heavy atom. The Bertz CT molecular complexity index is 818. The second kappa shape index (κ2) is 6.47. The van der Waals surface area contributed by atoms with Gasteiger partial charge in [-0.25, -0.2) is 19.3 Å². The van der Waals surface area contributed by atoms with E-state index in [0.717, 1.165) is 25.7 Å². The van der Waals surface area contributed by atoms with Crippen LogP contribution in [-0.2, 0) is 0 Å². The van der Waals surface area contributed by atoms with Crippen molar-refractivity contribution in [1.29, 1.82) is 0 Å². The van der Waals surface area contributed by atoms with Crippen molar-refractivity contribution in [3.05, 3.63) is 36.2 Å². The maximum atomic E-state index is 14.0. The van der Waals surface area contributed by atoms with Crippen molar-refractivity contribution in [1.82, 2.24) is 24.8 Å². The van der Waals surface area contributed by atoms with Crippen LogP contribution in [0.15, 0.2) is 24.7 Å². The number of nitrogens with two attached hydrogens (primary N) is 1. The Labute approximate surface area is 150 Å². The van der Waals surface area contributed by atoms with Crippen LogP contribution in [0.25, 0.3) is 0 Å². The van der Waals surface area contributed by atoms with E-state index in [2.05, 4.69) is 19.9 Å². The lowest BCUT2D eigenvalue weighted by atomic mass is 9.96. The fraction of sp³-hybridized carbons (Fsp3) is 0.471. The number of carbonyl (C=O) groups excluding carboxylic acids is 1. The number of fused-ring (bicyclic) bond motifs is 2. The Hall–Kier alpha value is -2.84. The average Bonchev–Trinajstić information content (AvgIpc) is 2.90. The summed E-state index contributed by atoms with van der Waals surface area (Å²) >= 11 is 0. The van der Waals surface area contributed by atoms with Gasteiger partial charge in [0.15, 0.2) is 11.5 Å². The molecule has 2 aliphatic heterocycles. The van der Waals surface area contributed by atoms with Crippen LogP contribution in [0.5, 0.6) is 0 Å². The number of halogens is 1. The van der Waals surface area contributed by atoms with Crippen LogP contribution in [0.1, 0.15) is 36.2 Å². The summed E-state index contributed by atoms with van der Waals surface area (Å²) in [6.45, 7) is 0. The van der Waals surface area contributed by atoms with E-state index in [1.165, 1.54) is 24.7 Å². The number of pyridine rings is 1. The quantitative estimate of drug-likeness (QED) is 0.882. The molecule has 26 heavy (non-hydrogen) atoms. The van der Waals surface area contributed by atoms with E-state index in [9.17, 15) is 9.18 Å². The van der Waals surface area contributed by atoms with Gasteiger partial charge in [0.05, 0.1) is 0 Å². The van der Waals surface area contributed by atoms with Gasteiger partial charge in [-0.15, -0.1) is 0 Å². The van der Waals surface area contributed by atoms with E-state index < -0.39 is 5.82 Å². The summed E-state index contributed by atoms with van der Waals surface area (Å²) in [6, 6.07) is 3.08. The first-order valence-corrected chi connectivity index (χ1v) is 8.65. The smallest absolute Gasteiger partial charge is 0.276 e. The van der Waals surface area contributed by atoms with Crippen LogP contribution in [0.4, 0.5) is 16.3 Å². The molecule has 2 aromatic rings. The van der Waals surface area contributed by atoms with E-state index in [-0.39, 0.29) is 35.7 Å². The van der Waals surface area contributed by atoms with Crippen molar-refractivity contribution in [2.45, 2.75) is 43.8 Å². The zero-order chi connectivity index (χ0) is 18.3. The summed E-state index contributed by atoms with van der Waals surface area (Å²) in [5, 5.41) is 0. The molecule has 2 atom stereocenters. The standard InChI is InChI=1S/C17H20FN7O/c1-24(17-22-9-21-16(19)23-17)12-7-10-4-5-11(8-12)25(10)15(26)14-13(18)3-2-6-20-14/h2-3,6,9-12H,4-5,7-8H2,1H3,(H2,19,21,22,23). The van der Waals surface area contributed by atoms with Gasteiger partial charge in [0.25, 0.3) is 5.91 Å². The van der Waals surface area contributed by atoms with Gasteiger partial charge < -0.3 is 15.5 Å². The molecule has 1 amide bonds. The van der Waals surface area contributed by atoms with Crippen LogP contribution in [-0.4, -0.2) is 55.9 Å². The molecular weight excluding hydrogens is 337 g/mol. The Morgan fingerprint density at radius 3 is 2.65 bits per heavy atom. The molecule has 2 unspecified atom stereocenters. The van der Waals surface area contributed by atoms with E-state index >= 15 is 0 Å². The number of nitrogen functional groups attached to an aromatic ring is 1. The van der Waals surface area contributed by atoms with Gasteiger partial charge in [0, 0.05) is 31.4 Å². The highest BCUT2D eigenvalue weighted by molar-refractivity contribution is 5.93. The van der Waals surface area contributed by atoms with Crippen LogP contribution in [0.3, 0.4) is 0 Å². The minimum absolute atomic E-state index is 0.0642. The molecule has 2 aliphatic rings. The number of amides is 1. The number of anilines is 2. The topological polar surface area (TPSA) is 101 Å². The molecule has 0 saturated carbocycles. The van der Waals surface area contributed by atoms with Crippen molar-refractivity contribution >= 4 is 17.8 Å². The molecule has 0 aliphatic carbocycles. The first-order chi connectivity index (χ1) is 12.5. The normalized spacial score (nSPS) is 24.5. The minimum Gasteiger partial charge on any atom is -0.368 e. The molecule has 4 heterocycles. The Balaban J connectivity index is 1.53. The SMILES string of the molecule is CN(c1ncnc(N)n1)C1CC2CCC(C1)N2C(=O)c1ncccc1F. The van der Waals surface area contributed by atoms with Crippen LogP contribution >= 0.6 is 0 Å². The second-order valence-corrected chi connectivity index (χ2v) is 6.81. The first kappa shape index (κ1) is 16.6. The predicted octanol–water partition coefficient (Wildman–Crippen LogP) is 1.26. The molecule has 9 heteroatoms. The molecule has 0 aromatic carbocycles. The van der Waals surface area contributed by atoms with Gasteiger partial charge in [0.2, 0.25) is 11.9 Å². The molecule has 2 bridgehead atoms. The highest BCUT2D eigenvalue weighted by Crippen LogP contribution is 2.38. The van der Waals surface area contributed by atoms with E-state index in [0.29, 0.717) is 5.95 Å². The van der Waals surface area contributed by atoms with Crippen molar-refractivity contribution < 1.29 is 9.18 Å². The average molecular weight is 357 g/mol. The Morgan fingerprint density at radius 1 is 1.27 bits per heavy atom.